The topological polar surface area (TPSA) is 39.2 Å². The number of benzene rings is 1. The predicted molar refractivity (Wildman–Crippen MR) is 70.0 cm³/mol. The maximum absolute atomic E-state index is 6.07. The summed E-state index contributed by atoms with van der Waals surface area (Å²) in [5.74, 6) is 0. The number of furan rings is 1. The van der Waals surface area contributed by atoms with Gasteiger partial charge in [-0.1, -0.05) is 25.3 Å². The van der Waals surface area contributed by atoms with Crippen LogP contribution in [0.25, 0.3) is 11.0 Å². The number of hydrogen-bond donors (Lipinski definition) is 1. The van der Waals surface area contributed by atoms with Crippen LogP contribution in [0, 0.1) is 0 Å². The third-order valence-corrected chi connectivity index (χ3v) is 4.27. The van der Waals surface area contributed by atoms with Crippen molar-refractivity contribution in [1.29, 1.82) is 0 Å². The zero-order valence-corrected chi connectivity index (χ0v) is 10.1. The quantitative estimate of drug-likeness (QED) is 0.854. The summed E-state index contributed by atoms with van der Waals surface area (Å²) in [6.07, 6.45) is 8.18. The van der Waals surface area contributed by atoms with Gasteiger partial charge < -0.3 is 10.2 Å². The second-order valence-corrected chi connectivity index (χ2v) is 5.22. The summed E-state index contributed by atoms with van der Waals surface area (Å²) in [4.78, 5) is 0. The third kappa shape index (κ3) is 1.77. The lowest BCUT2D eigenvalue weighted by Crippen LogP contribution is -2.37. The zero-order valence-electron chi connectivity index (χ0n) is 10.1. The van der Waals surface area contributed by atoms with E-state index in [2.05, 4.69) is 18.2 Å². The van der Waals surface area contributed by atoms with Crippen molar-refractivity contribution < 1.29 is 4.42 Å². The fourth-order valence-corrected chi connectivity index (χ4v) is 3.14. The van der Waals surface area contributed by atoms with Gasteiger partial charge in [0.25, 0.3) is 0 Å². The van der Waals surface area contributed by atoms with E-state index in [1.165, 1.54) is 43.1 Å². The van der Waals surface area contributed by atoms with Crippen LogP contribution in [0.4, 0.5) is 0 Å². The zero-order chi connectivity index (χ0) is 11.7. The minimum absolute atomic E-state index is 0.212. The third-order valence-electron chi connectivity index (χ3n) is 4.27. The Morgan fingerprint density at radius 3 is 2.71 bits per heavy atom. The summed E-state index contributed by atoms with van der Waals surface area (Å²) in [7, 11) is 0. The Labute approximate surface area is 102 Å². The molecule has 0 unspecified atom stereocenters. The molecule has 0 amide bonds. The average molecular weight is 229 g/mol. The molecule has 3 rings (SSSR count). The van der Waals surface area contributed by atoms with E-state index < -0.39 is 0 Å². The van der Waals surface area contributed by atoms with E-state index in [-0.39, 0.29) is 5.41 Å². The Hall–Kier alpha value is -1.28. The normalized spacial score (nSPS) is 19.6. The summed E-state index contributed by atoms with van der Waals surface area (Å²) in [6.45, 7) is 0.760. The van der Waals surface area contributed by atoms with E-state index >= 15 is 0 Å². The highest BCUT2D eigenvalue weighted by atomic mass is 16.3. The van der Waals surface area contributed by atoms with Gasteiger partial charge in [-0.2, -0.15) is 0 Å². The molecule has 1 fully saturated rings. The minimum Gasteiger partial charge on any atom is -0.464 e. The van der Waals surface area contributed by atoms with Gasteiger partial charge in [-0.3, -0.25) is 0 Å². The average Bonchev–Trinajstić information content (AvgIpc) is 2.86. The van der Waals surface area contributed by atoms with Crippen LogP contribution >= 0.6 is 0 Å². The molecular weight excluding hydrogens is 210 g/mol. The van der Waals surface area contributed by atoms with E-state index in [4.69, 9.17) is 10.2 Å². The summed E-state index contributed by atoms with van der Waals surface area (Å²) >= 11 is 0. The van der Waals surface area contributed by atoms with Crippen molar-refractivity contribution in [2.45, 2.75) is 37.5 Å². The van der Waals surface area contributed by atoms with Crippen LogP contribution in [0.3, 0.4) is 0 Å². The summed E-state index contributed by atoms with van der Waals surface area (Å²) in [5.41, 5.74) is 8.64. The van der Waals surface area contributed by atoms with Crippen molar-refractivity contribution in [2.24, 2.45) is 5.73 Å². The van der Waals surface area contributed by atoms with Gasteiger partial charge in [0.05, 0.1) is 6.26 Å². The van der Waals surface area contributed by atoms with Crippen molar-refractivity contribution >= 4 is 11.0 Å². The molecule has 1 aromatic heterocycles. The second kappa shape index (κ2) is 4.19. The standard InChI is InChI=1S/C15H19NO/c16-11-15(7-2-1-3-8-15)13-4-5-14-12(10-13)6-9-17-14/h4-6,9-10H,1-3,7-8,11,16H2. The van der Waals surface area contributed by atoms with Gasteiger partial charge in [0.1, 0.15) is 5.58 Å². The van der Waals surface area contributed by atoms with E-state index in [9.17, 15) is 0 Å². The molecule has 0 radical (unpaired) electrons. The summed E-state index contributed by atoms with van der Waals surface area (Å²) in [5, 5.41) is 1.20. The fraction of sp³-hybridized carbons (Fsp3) is 0.467. The molecule has 0 bridgehead atoms. The molecule has 2 N–H and O–H groups in total. The Morgan fingerprint density at radius 1 is 1.12 bits per heavy atom. The monoisotopic (exact) mass is 229 g/mol. The lowest BCUT2D eigenvalue weighted by Gasteiger charge is -2.36. The van der Waals surface area contributed by atoms with Crippen LogP contribution in [0.1, 0.15) is 37.7 Å². The van der Waals surface area contributed by atoms with Crippen LogP contribution in [0.2, 0.25) is 0 Å². The van der Waals surface area contributed by atoms with E-state index in [0.29, 0.717) is 0 Å². The van der Waals surface area contributed by atoms with E-state index in [1.54, 1.807) is 6.26 Å². The van der Waals surface area contributed by atoms with Gasteiger partial charge >= 0.3 is 0 Å². The Bertz CT molecular complexity index is 508. The molecule has 17 heavy (non-hydrogen) atoms. The van der Waals surface area contributed by atoms with Crippen molar-refractivity contribution in [1.82, 2.24) is 0 Å². The van der Waals surface area contributed by atoms with Crippen LogP contribution in [0.15, 0.2) is 34.9 Å². The summed E-state index contributed by atoms with van der Waals surface area (Å²) in [6, 6.07) is 8.57. The molecule has 1 saturated carbocycles. The Balaban J connectivity index is 2.04. The van der Waals surface area contributed by atoms with Gasteiger partial charge in [0.15, 0.2) is 0 Å². The van der Waals surface area contributed by atoms with Crippen molar-refractivity contribution in [3.63, 3.8) is 0 Å². The molecule has 1 aliphatic carbocycles. The highest BCUT2D eigenvalue weighted by molar-refractivity contribution is 5.78. The first-order valence-corrected chi connectivity index (χ1v) is 6.52. The number of hydrogen-bond acceptors (Lipinski definition) is 2. The summed E-state index contributed by atoms with van der Waals surface area (Å²) < 4.78 is 5.40. The van der Waals surface area contributed by atoms with Gasteiger partial charge in [-0.05, 0) is 36.6 Å². The largest absolute Gasteiger partial charge is 0.464 e. The molecule has 2 heteroatoms. The van der Waals surface area contributed by atoms with Crippen LogP contribution in [0.5, 0.6) is 0 Å². The maximum atomic E-state index is 6.07. The van der Waals surface area contributed by atoms with Gasteiger partial charge in [-0.25, -0.2) is 0 Å². The molecular formula is C15H19NO. The Morgan fingerprint density at radius 2 is 1.94 bits per heavy atom. The maximum Gasteiger partial charge on any atom is 0.133 e. The van der Waals surface area contributed by atoms with Crippen molar-refractivity contribution in [3.8, 4) is 0 Å². The first kappa shape index (κ1) is 10.8. The number of fused-ring (bicyclic) bond motifs is 1. The molecule has 1 aromatic carbocycles. The predicted octanol–water partition coefficient (Wildman–Crippen LogP) is 3.59. The second-order valence-electron chi connectivity index (χ2n) is 5.22. The molecule has 0 atom stereocenters. The molecule has 1 heterocycles. The lowest BCUT2D eigenvalue weighted by atomic mass is 9.69. The number of nitrogens with two attached hydrogens (primary N) is 1. The molecule has 0 saturated heterocycles. The van der Waals surface area contributed by atoms with E-state index in [0.717, 1.165) is 12.1 Å². The SMILES string of the molecule is NCC1(c2ccc3occc3c2)CCCCC1. The first-order chi connectivity index (χ1) is 8.34. The van der Waals surface area contributed by atoms with Crippen molar-refractivity contribution in [3.05, 3.63) is 36.1 Å². The highest BCUT2D eigenvalue weighted by Gasteiger charge is 2.32. The molecule has 0 spiro atoms. The van der Waals surface area contributed by atoms with Crippen molar-refractivity contribution in [2.75, 3.05) is 6.54 Å². The first-order valence-electron chi connectivity index (χ1n) is 6.52. The Kier molecular flexibility index (Phi) is 2.67. The fourth-order valence-electron chi connectivity index (χ4n) is 3.14. The van der Waals surface area contributed by atoms with Gasteiger partial charge in [0.2, 0.25) is 0 Å². The molecule has 2 nitrogen and oxygen atoms in total. The molecule has 90 valence electrons. The lowest BCUT2D eigenvalue weighted by molar-refractivity contribution is 0.301. The minimum atomic E-state index is 0.212. The number of rotatable bonds is 2. The van der Waals surface area contributed by atoms with Crippen LogP contribution < -0.4 is 5.73 Å². The van der Waals surface area contributed by atoms with Crippen LogP contribution in [-0.4, -0.2) is 6.54 Å². The molecule has 1 aliphatic rings. The highest BCUT2D eigenvalue weighted by Crippen LogP contribution is 2.39. The van der Waals surface area contributed by atoms with Gasteiger partial charge in [-0.15, -0.1) is 0 Å². The molecule has 2 aromatic rings. The smallest absolute Gasteiger partial charge is 0.133 e. The molecule has 0 aliphatic heterocycles. The van der Waals surface area contributed by atoms with Gasteiger partial charge in [0, 0.05) is 17.3 Å². The van der Waals surface area contributed by atoms with Crippen LogP contribution in [-0.2, 0) is 5.41 Å². The van der Waals surface area contributed by atoms with E-state index in [1.807, 2.05) is 6.07 Å².